The van der Waals surface area contributed by atoms with E-state index in [1.165, 1.54) is 6.07 Å². The maximum Gasteiger partial charge on any atom is 0.312 e. The van der Waals surface area contributed by atoms with E-state index in [-0.39, 0.29) is 11.8 Å². The number of hydrogen-bond acceptors (Lipinski definition) is 4. The fraction of sp³-hybridized carbons (Fsp3) is 0.500. The van der Waals surface area contributed by atoms with Gasteiger partial charge in [0.15, 0.2) is 5.75 Å². The van der Waals surface area contributed by atoms with Gasteiger partial charge in [0.2, 0.25) is 0 Å². The molecule has 0 aliphatic heterocycles. The van der Waals surface area contributed by atoms with Crippen LogP contribution >= 0.6 is 15.9 Å². The first kappa shape index (κ1) is 13.3. The number of nitrogens with two attached hydrogens (primary N) is 1. The van der Waals surface area contributed by atoms with Gasteiger partial charge in [-0.3, -0.25) is 10.1 Å². The van der Waals surface area contributed by atoms with Crippen LogP contribution in [0.2, 0.25) is 0 Å². The highest BCUT2D eigenvalue weighted by Gasteiger charge is 2.29. The third-order valence-corrected chi connectivity index (χ3v) is 3.78. The van der Waals surface area contributed by atoms with Crippen molar-refractivity contribution in [3.05, 3.63) is 32.8 Å². The van der Waals surface area contributed by atoms with Gasteiger partial charge in [0.05, 0.1) is 4.92 Å². The molecule has 2 N–H and O–H groups in total. The van der Waals surface area contributed by atoms with Gasteiger partial charge in [-0.05, 0) is 37.9 Å². The summed E-state index contributed by atoms with van der Waals surface area (Å²) in [4.78, 5) is 10.6. The Morgan fingerprint density at radius 3 is 2.94 bits per heavy atom. The molecule has 1 aromatic rings. The van der Waals surface area contributed by atoms with Crippen LogP contribution in [0.15, 0.2) is 22.7 Å². The summed E-state index contributed by atoms with van der Waals surface area (Å²) >= 11 is 3.22. The molecule has 1 aliphatic carbocycles. The van der Waals surface area contributed by atoms with Crippen molar-refractivity contribution in [2.45, 2.75) is 25.4 Å². The van der Waals surface area contributed by atoms with Gasteiger partial charge in [0, 0.05) is 16.5 Å². The highest BCUT2D eigenvalue weighted by molar-refractivity contribution is 9.10. The largest absolute Gasteiger partial charge is 0.483 e. The molecule has 0 aromatic heterocycles. The Kier molecular flexibility index (Phi) is 4.19. The zero-order valence-electron chi connectivity index (χ0n) is 9.84. The summed E-state index contributed by atoms with van der Waals surface area (Å²) in [5.41, 5.74) is 5.67. The molecule has 0 bridgehead atoms. The monoisotopic (exact) mass is 314 g/mol. The lowest BCUT2D eigenvalue weighted by atomic mass is 10.1. The Hall–Kier alpha value is -1.14. The molecule has 1 aromatic carbocycles. The lowest BCUT2D eigenvalue weighted by Crippen LogP contribution is -2.27. The van der Waals surface area contributed by atoms with E-state index in [1.807, 2.05) is 0 Å². The van der Waals surface area contributed by atoms with Crippen LogP contribution in [0.3, 0.4) is 0 Å². The Labute approximate surface area is 114 Å². The SMILES string of the molecule is NCC1CCCC1Oc1ccc(Br)cc1[N+](=O)[O-]. The predicted molar refractivity (Wildman–Crippen MR) is 71.6 cm³/mol. The van der Waals surface area contributed by atoms with Crippen LogP contribution in [0.25, 0.3) is 0 Å². The van der Waals surface area contributed by atoms with Gasteiger partial charge in [0.25, 0.3) is 0 Å². The first-order chi connectivity index (χ1) is 8.61. The molecule has 98 valence electrons. The van der Waals surface area contributed by atoms with E-state index in [2.05, 4.69) is 15.9 Å². The summed E-state index contributed by atoms with van der Waals surface area (Å²) in [5.74, 6) is 0.627. The Bertz CT molecular complexity index is 453. The molecular weight excluding hydrogens is 300 g/mol. The molecule has 2 rings (SSSR count). The molecular formula is C12H15BrN2O3. The third kappa shape index (κ3) is 2.81. The Morgan fingerprint density at radius 2 is 2.28 bits per heavy atom. The number of halogens is 1. The topological polar surface area (TPSA) is 78.4 Å². The Morgan fingerprint density at radius 1 is 1.50 bits per heavy atom. The number of rotatable bonds is 4. The van der Waals surface area contributed by atoms with E-state index in [0.717, 1.165) is 19.3 Å². The second-order valence-corrected chi connectivity index (χ2v) is 5.37. The molecule has 1 aliphatic rings. The highest BCUT2D eigenvalue weighted by Crippen LogP contribution is 2.35. The number of ether oxygens (including phenoxy) is 1. The first-order valence-electron chi connectivity index (χ1n) is 5.92. The predicted octanol–water partition coefficient (Wildman–Crippen LogP) is 2.86. The van der Waals surface area contributed by atoms with E-state index < -0.39 is 4.92 Å². The van der Waals surface area contributed by atoms with Crippen LogP contribution in [0.4, 0.5) is 5.69 Å². The maximum absolute atomic E-state index is 11.0. The van der Waals surface area contributed by atoms with Gasteiger partial charge in [-0.1, -0.05) is 15.9 Å². The van der Waals surface area contributed by atoms with E-state index in [4.69, 9.17) is 10.5 Å². The molecule has 6 heteroatoms. The molecule has 1 saturated carbocycles. The van der Waals surface area contributed by atoms with E-state index in [9.17, 15) is 10.1 Å². The minimum atomic E-state index is -0.424. The molecule has 2 unspecified atom stereocenters. The fourth-order valence-corrected chi connectivity index (χ4v) is 2.67. The van der Waals surface area contributed by atoms with Gasteiger partial charge < -0.3 is 10.5 Å². The summed E-state index contributed by atoms with van der Waals surface area (Å²) in [6.07, 6.45) is 3.01. The van der Waals surface area contributed by atoms with Gasteiger partial charge >= 0.3 is 5.69 Å². The molecule has 0 saturated heterocycles. The van der Waals surface area contributed by atoms with Gasteiger partial charge in [-0.25, -0.2) is 0 Å². The number of nitro groups is 1. The number of nitro benzene ring substituents is 1. The lowest BCUT2D eigenvalue weighted by Gasteiger charge is -2.19. The van der Waals surface area contributed by atoms with Crippen LogP contribution in [0, 0.1) is 16.0 Å². The van der Waals surface area contributed by atoms with E-state index in [0.29, 0.717) is 22.7 Å². The van der Waals surface area contributed by atoms with E-state index in [1.54, 1.807) is 12.1 Å². The van der Waals surface area contributed by atoms with Gasteiger partial charge in [-0.2, -0.15) is 0 Å². The number of hydrogen-bond donors (Lipinski definition) is 1. The Balaban J connectivity index is 2.20. The molecule has 1 fully saturated rings. The van der Waals surface area contributed by atoms with Crippen molar-refractivity contribution in [3.63, 3.8) is 0 Å². The lowest BCUT2D eigenvalue weighted by molar-refractivity contribution is -0.386. The van der Waals surface area contributed by atoms with Crippen LogP contribution in [0.1, 0.15) is 19.3 Å². The molecule has 18 heavy (non-hydrogen) atoms. The van der Waals surface area contributed by atoms with Crippen LogP contribution in [0.5, 0.6) is 5.75 Å². The first-order valence-corrected chi connectivity index (χ1v) is 6.71. The van der Waals surface area contributed by atoms with Crippen molar-refractivity contribution in [1.29, 1.82) is 0 Å². The molecule has 0 amide bonds. The van der Waals surface area contributed by atoms with Gasteiger partial charge in [0.1, 0.15) is 6.10 Å². The second kappa shape index (κ2) is 5.67. The molecule has 0 heterocycles. The zero-order valence-corrected chi connectivity index (χ0v) is 11.4. The molecule has 2 atom stereocenters. The smallest absolute Gasteiger partial charge is 0.312 e. The van der Waals surface area contributed by atoms with Gasteiger partial charge in [-0.15, -0.1) is 0 Å². The van der Waals surface area contributed by atoms with Crippen molar-refractivity contribution in [2.24, 2.45) is 11.7 Å². The summed E-state index contributed by atoms with van der Waals surface area (Å²) < 4.78 is 6.45. The zero-order chi connectivity index (χ0) is 13.1. The maximum atomic E-state index is 11.0. The average Bonchev–Trinajstić information content (AvgIpc) is 2.78. The summed E-state index contributed by atoms with van der Waals surface area (Å²) in [7, 11) is 0. The minimum absolute atomic E-state index is 0.00474. The van der Waals surface area contributed by atoms with Crippen LogP contribution < -0.4 is 10.5 Å². The summed E-state index contributed by atoms with van der Waals surface area (Å²) in [5, 5.41) is 11.0. The van der Waals surface area contributed by atoms with Crippen molar-refractivity contribution >= 4 is 21.6 Å². The summed E-state index contributed by atoms with van der Waals surface area (Å²) in [6.45, 7) is 0.564. The molecule has 5 nitrogen and oxygen atoms in total. The third-order valence-electron chi connectivity index (χ3n) is 3.29. The normalized spacial score (nSPS) is 23.0. The summed E-state index contributed by atoms with van der Waals surface area (Å²) in [6, 6.07) is 4.84. The fourth-order valence-electron chi connectivity index (χ4n) is 2.32. The molecule has 0 radical (unpaired) electrons. The van der Waals surface area contributed by atoms with Crippen molar-refractivity contribution in [1.82, 2.24) is 0 Å². The van der Waals surface area contributed by atoms with E-state index >= 15 is 0 Å². The van der Waals surface area contributed by atoms with Crippen LogP contribution in [-0.2, 0) is 0 Å². The van der Waals surface area contributed by atoms with Crippen molar-refractivity contribution < 1.29 is 9.66 Å². The minimum Gasteiger partial charge on any atom is -0.483 e. The quantitative estimate of drug-likeness (QED) is 0.684. The van der Waals surface area contributed by atoms with Crippen molar-refractivity contribution in [2.75, 3.05) is 6.54 Å². The second-order valence-electron chi connectivity index (χ2n) is 4.45. The standard InChI is InChI=1S/C12H15BrN2O3/c13-9-4-5-12(10(6-9)15(16)17)18-11-3-1-2-8(11)7-14/h4-6,8,11H,1-3,7,14H2. The highest BCUT2D eigenvalue weighted by atomic mass is 79.9. The average molecular weight is 315 g/mol. The number of nitrogens with zero attached hydrogens (tertiary/aromatic N) is 1. The van der Waals surface area contributed by atoms with Crippen LogP contribution in [-0.4, -0.2) is 17.6 Å². The molecule has 0 spiro atoms. The number of benzene rings is 1. The van der Waals surface area contributed by atoms with Crippen molar-refractivity contribution in [3.8, 4) is 5.75 Å².